The second kappa shape index (κ2) is 15.8. The number of hydrogen-bond acceptors (Lipinski definition) is 3. The molecule has 7 aromatic carbocycles. The number of nitrogens with zero attached hydrogens (tertiary/aromatic N) is 3. The summed E-state index contributed by atoms with van der Waals surface area (Å²) in [4.78, 5) is 7.34. The molecule has 12 rings (SSSR count). The number of aryl methyl sites for hydroxylation is 2. The van der Waals surface area contributed by atoms with Gasteiger partial charge in [0.1, 0.15) is 0 Å². The van der Waals surface area contributed by atoms with E-state index < -0.39 is 6.85 Å². The Balaban J connectivity index is 1.22. The summed E-state index contributed by atoms with van der Waals surface area (Å²) < 4.78 is 28.0. The van der Waals surface area contributed by atoms with Crippen molar-refractivity contribution in [3.63, 3.8) is 0 Å². The molecule has 5 aliphatic rings. The van der Waals surface area contributed by atoms with Crippen LogP contribution in [0.25, 0.3) is 0 Å². The Kier molecular flexibility index (Phi) is 9.54. The van der Waals surface area contributed by atoms with E-state index >= 15 is 0 Å². The van der Waals surface area contributed by atoms with Crippen LogP contribution in [-0.4, -0.2) is 6.71 Å². The minimum atomic E-state index is -2.39. The standard InChI is InChI=1S/C68H76BN3/c1-43-35-60-62-61(36-43)72(57-41-53-50(37-44(57)2)64(5,6)31-33-67(53,11)12)58-39-48(70(45-21-17-15-18-22-45)46-23-19-16-20-24-46)26-28-55(58)69(62)56-40-52-54(68(13,14)34-32-66(52,9)10)42-59(56)71(60)47-25-27-49-51(38-47)65(7,8)30-29-63(49,3)4/h15-28,35-42H,29-34H2,1-14H3/i1D3. The lowest BCUT2D eigenvalue weighted by Gasteiger charge is -2.48. The van der Waals surface area contributed by atoms with Crippen molar-refractivity contribution in [2.24, 2.45) is 0 Å². The van der Waals surface area contributed by atoms with Crippen LogP contribution >= 0.6 is 0 Å². The molecule has 0 atom stereocenters. The highest BCUT2D eigenvalue weighted by atomic mass is 15.2. The van der Waals surface area contributed by atoms with Crippen molar-refractivity contribution >= 4 is 74.3 Å². The van der Waals surface area contributed by atoms with Gasteiger partial charge in [-0.2, -0.15) is 0 Å². The molecule has 7 aromatic rings. The molecule has 0 N–H and O–H groups in total. The molecular weight excluding hydrogens is 870 g/mol. The molecule has 3 nitrogen and oxygen atoms in total. The van der Waals surface area contributed by atoms with Gasteiger partial charge in [0.15, 0.2) is 0 Å². The zero-order valence-electron chi connectivity index (χ0n) is 48.4. The second-order valence-corrected chi connectivity index (χ2v) is 26.5. The minimum Gasteiger partial charge on any atom is -0.311 e. The summed E-state index contributed by atoms with van der Waals surface area (Å²) in [5.41, 5.74) is 22.9. The molecule has 3 aliphatic carbocycles. The van der Waals surface area contributed by atoms with Crippen molar-refractivity contribution in [3.05, 3.63) is 178 Å². The third kappa shape index (κ3) is 7.11. The summed E-state index contributed by atoms with van der Waals surface area (Å²) in [6.45, 7) is 28.7. The summed E-state index contributed by atoms with van der Waals surface area (Å²) in [5, 5.41) is 0. The zero-order chi connectivity index (χ0) is 53.2. The fourth-order valence-corrected chi connectivity index (χ4v) is 14.0. The minimum absolute atomic E-state index is 0.0166. The van der Waals surface area contributed by atoms with Gasteiger partial charge in [-0.05, 0) is 218 Å². The Bertz CT molecular complexity index is 3430. The van der Waals surface area contributed by atoms with Crippen LogP contribution in [0.15, 0.2) is 133 Å². The molecule has 0 spiro atoms. The molecule has 0 saturated carbocycles. The molecule has 2 heterocycles. The molecule has 0 bridgehead atoms. The fraction of sp³-hybridized carbons (Fsp3) is 0.382. The molecular formula is C68H76BN3. The van der Waals surface area contributed by atoms with Crippen LogP contribution in [0.1, 0.15) is 170 Å². The SMILES string of the molecule is [2H]C([2H])([2H])c1cc2c3c(c1)N(c1cc4c(cc1C)C(C)(C)CCC4(C)C)c1cc(N(c4ccccc4)c4ccccc4)ccc1B3c1cc3c(cc1N2c1ccc2c(c1)C(C)(C)CCC2(C)C)C(C)(C)CCC3(C)C. The van der Waals surface area contributed by atoms with Crippen LogP contribution in [0.5, 0.6) is 0 Å². The van der Waals surface area contributed by atoms with Gasteiger partial charge in [0.25, 0.3) is 6.71 Å². The van der Waals surface area contributed by atoms with Gasteiger partial charge in [-0.3, -0.25) is 0 Å². The molecule has 0 amide bonds. The van der Waals surface area contributed by atoms with Crippen molar-refractivity contribution in [3.8, 4) is 0 Å². The van der Waals surface area contributed by atoms with Gasteiger partial charge in [-0.25, -0.2) is 0 Å². The van der Waals surface area contributed by atoms with E-state index in [2.05, 4.69) is 226 Å². The Labute approximate surface area is 437 Å². The highest BCUT2D eigenvalue weighted by molar-refractivity contribution is 7.00. The highest BCUT2D eigenvalue weighted by Crippen LogP contribution is 2.55. The quantitative estimate of drug-likeness (QED) is 0.159. The van der Waals surface area contributed by atoms with E-state index in [1.807, 2.05) is 12.1 Å². The maximum absolute atomic E-state index is 9.34. The van der Waals surface area contributed by atoms with E-state index in [0.717, 1.165) is 95.2 Å². The average molecular weight is 949 g/mol. The van der Waals surface area contributed by atoms with E-state index in [0.29, 0.717) is 5.56 Å². The van der Waals surface area contributed by atoms with E-state index in [9.17, 15) is 4.11 Å². The summed E-state index contributed by atoms with van der Waals surface area (Å²) in [6, 6.07) is 49.9. The lowest BCUT2D eigenvalue weighted by molar-refractivity contribution is 0.332. The Morgan fingerprint density at radius 1 is 0.403 bits per heavy atom. The zero-order valence-corrected chi connectivity index (χ0v) is 45.4. The smallest absolute Gasteiger partial charge is 0.252 e. The van der Waals surface area contributed by atoms with Crippen LogP contribution in [0.4, 0.5) is 51.2 Å². The summed E-state index contributed by atoms with van der Waals surface area (Å²) in [6.07, 6.45) is 6.64. The van der Waals surface area contributed by atoms with Crippen molar-refractivity contribution in [1.82, 2.24) is 0 Å². The van der Waals surface area contributed by atoms with Crippen LogP contribution < -0.4 is 31.1 Å². The monoisotopic (exact) mass is 949 g/mol. The third-order valence-corrected chi connectivity index (χ3v) is 18.8. The molecule has 0 fully saturated rings. The lowest BCUT2D eigenvalue weighted by Crippen LogP contribution is -2.62. The van der Waals surface area contributed by atoms with Crippen LogP contribution in [0.3, 0.4) is 0 Å². The van der Waals surface area contributed by atoms with Gasteiger partial charge in [-0.15, -0.1) is 0 Å². The average Bonchev–Trinajstić information content (AvgIpc) is 3.40. The Hall–Kier alpha value is -6.00. The Morgan fingerprint density at radius 2 is 0.861 bits per heavy atom. The van der Waals surface area contributed by atoms with Crippen molar-refractivity contribution < 1.29 is 4.11 Å². The number of anilines is 9. The highest BCUT2D eigenvalue weighted by Gasteiger charge is 2.48. The summed E-state index contributed by atoms with van der Waals surface area (Å²) >= 11 is 0. The second-order valence-electron chi connectivity index (χ2n) is 26.5. The molecule has 4 heteroatoms. The van der Waals surface area contributed by atoms with Gasteiger partial charge < -0.3 is 14.7 Å². The van der Waals surface area contributed by atoms with Gasteiger partial charge in [-0.1, -0.05) is 144 Å². The molecule has 366 valence electrons. The van der Waals surface area contributed by atoms with Gasteiger partial charge >= 0.3 is 0 Å². The largest absolute Gasteiger partial charge is 0.311 e. The van der Waals surface area contributed by atoms with E-state index in [1.165, 1.54) is 49.9 Å². The third-order valence-electron chi connectivity index (χ3n) is 18.8. The molecule has 0 aromatic heterocycles. The van der Waals surface area contributed by atoms with E-state index in [4.69, 9.17) is 0 Å². The molecule has 0 saturated heterocycles. The molecule has 0 radical (unpaired) electrons. The van der Waals surface area contributed by atoms with Crippen molar-refractivity contribution in [2.45, 2.75) is 168 Å². The van der Waals surface area contributed by atoms with Gasteiger partial charge in [0, 0.05) is 55.3 Å². The first-order valence-electron chi connectivity index (χ1n) is 28.5. The molecule has 72 heavy (non-hydrogen) atoms. The first kappa shape index (κ1) is 43.6. The van der Waals surface area contributed by atoms with E-state index in [-0.39, 0.29) is 39.2 Å². The van der Waals surface area contributed by atoms with Gasteiger partial charge in [0.05, 0.1) is 0 Å². The van der Waals surface area contributed by atoms with Gasteiger partial charge in [0.2, 0.25) is 0 Å². The van der Waals surface area contributed by atoms with Crippen molar-refractivity contribution in [2.75, 3.05) is 14.7 Å². The number of benzene rings is 7. The first-order chi connectivity index (χ1) is 35.2. The number of para-hydroxylation sites is 2. The topological polar surface area (TPSA) is 9.72 Å². The van der Waals surface area contributed by atoms with E-state index in [1.54, 1.807) is 0 Å². The number of fused-ring (bicyclic) bond motifs is 7. The fourth-order valence-electron chi connectivity index (χ4n) is 14.0. The molecule has 2 aliphatic heterocycles. The maximum atomic E-state index is 9.34. The maximum Gasteiger partial charge on any atom is 0.252 e. The van der Waals surface area contributed by atoms with Crippen molar-refractivity contribution in [1.29, 1.82) is 0 Å². The lowest BCUT2D eigenvalue weighted by atomic mass is 9.33. The first-order valence-corrected chi connectivity index (χ1v) is 27.0. The summed E-state index contributed by atoms with van der Waals surface area (Å²) in [7, 11) is 0. The summed E-state index contributed by atoms with van der Waals surface area (Å²) in [5.74, 6) is 0. The number of hydrogen-bond donors (Lipinski definition) is 0. The normalized spacial score (nSPS) is 20.6. The predicted molar refractivity (Wildman–Crippen MR) is 310 cm³/mol. The van der Waals surface area contributed by atoms with Crippen LogP contribution in [0, 0.1) is 13.8 Å². The van der Waals surface area contributed by atoms with Crippen LogP contribution in [-0.2, 0) is 32.5 Å². The molecule has 0 unspecified atom stereocenters. The number of rotatable bonds is 5. The predicted octanol–water partition coefficient (Wildman–Crippen LogP) is 16.9. The van der Waals surface area contributed by atoms with Crippen LogP contribution in [0.2, 0.25) is 0 Å². The Morgan fingerprint density at radius 3 is 1.40 bits per heavy atom.